The van der Waals surface area contributed by atoms with Crippen molar-refractivity contribution < 1.29 is 19.4 Å². The summed E-state index contributed by atoms with van der Waals surface area (Å²) >= 11 is 0. The van der Waals surface area contributed by atoms with Gasteiger partial charge in [0.25, 0.3) is 5.91 Å². The molecule has 19 heavy (non-hydrogen) atoms. The van der Waals surface area contributed by atoms with Crippen LogP contribution in [0.1, 0.15) is 34.7 Å². The number of nitrogens with zero attached hydrogens (tertiary/aromatic N) is 2. The molecule has 0 aromatic carbocycles. The standard InChI is InChI=1S/C13H16N2O4/c1-8-6-15(7-9(2)19-8)12(16)11-4-3-10(5-14-11)13(17)18/h3-5,8-9H,6-7H2,1-2H3,(H,17,18). The van der Waals surface area contributed by atoms with Gasteiger partial charge in [0.15, 0.2) is 0 Å². The van der Waals surface area contributed by atoms with Gasteiger partial charge in [-0.2, -0.15) is 0 Å². The number of aromatic carboxylic acids is 1. The zero-order valence-electron chi connectivity index (χ0n) is 10.9. The smallest absolute Gasteiger partial charge is 0.337 e. The maximum Gasteiger partial charge on any atom is 0.337 e. The van der Waals surface area contributed by atoms with Gasteiger partial charge >= 0.3 is 5.97 Å². The maximum absolute atomic E-state index is 12.2. The van der Waals surface area contributed by atoms with Gasteiger partial charge in [0.05, 0.1) is 17.8 Å². The number of amides is 1. The average molecular weight is 264 g/mol. The molecule has 0 spiro atoms. The van der Waals surface area contributed by atoms with Gasteiger partial charge in [0.2, 0.25) is 0 Å². The van der Waals surface area contributed by atoms with Gasteiger partial charge in [-0.25, -0.2) is 4.79 Å². The lowest BCUT2D eigenvalue weighted by molar-refractivity contribution is -0.0587. The normalized spacial score (nSPS) is 23.2. The van der Waals surface area contributed by atoms with Crippen molar-refractivity contribution in [1.29, 1.82) is 0 Å². The lowest BCUT2D eigenvalue weighted by Crippen LogP contribution is -2.48. The van der Waals surface area contributed by atoms with E-state index in [1.54, 1.807) is 4.90 Å². The Morgan fingerprint density at radius 1 is 1.32 bits per heavy atom. The van der Waals surface area contributed by atoms with Crippen LogP contribution >= 0.6 is 0 Å². The molecule has 0 radical (unpaired) electrons. The van der Waals surface area contributed by atoms with Gasteiger partial charge in [-0.15, -0.1) is 0 Å². The predicted octanol–water partition coefficient (Wildman–Crippen LogP) is 1.03. The fourth-order valence-electron chi connectivity index (χ4n) is 2.15. The molecule has 1 saturated heterocycles. The minimum absolute atomic E-state index is 0.00834. The molecule has 6 nitrogen and oxygen atoms in total. The van der Waals surface area contributed by atoms with Gasteiger partial charge in [-0.1, -0.05) is 0 Å². The predicted molar refractivity (Wildman–Crippen MR) is 67.1 cm³/mol. The molecular formula is C13H16N2O4. The van der Waals surface area contributed by atoms with E-state index in [9.17, 15) is 9.59 Å². The molecule has 6 heteroatoms. The van der Waals surface area contributed by atoms with Crippen molar-refractivity contribution in [1.82, 2.24) is 9.88 Å². The van der Waals surface area contributed by atoms with E-state index in [4.69, 9.17) is 9.84 Å². The molecule has 1 fully saturated rings. The first-order chi connectivity index (χ1) is 8.97. The van der Waals surface area contributed by atoms with E-state index in [2.05, 4.69) is 4.98 Å². The zero-order chi connectivity index (χ0) is 14.0. The Balaban J connectivity index is 2.12. The molecular weight excluding hydrogens is 248 g/mol. The quantitative estimate of drug-likeness (QED) is 0.863. The van der Waals surface area contributed by atoms with E-state index >= 15 is 0 Å². The van der Waals surface area contributed by atoms with Gasteiger partial charge in [0, 0.05) is 19.3 Å². The Morgan fingerprint density at radius 2 is 1.95 bits per heavy atom. The molecule has 0 bridgehead atoms. The molecule has 0 saturated carbocycles. The molecule has 2 unspecified atom stereocenters. The highest BCUT2D eigenvalue weighted by molar-refractivity contribution is 5.93. The molecule has 1 aromatic rings. The summed E-state index contributed by atoms with van der Waals surface area (Å²) < 4.78 is 5.56. The summed E-state index contributed by atoms with van der Waals surface area (Å²) in [7, 11) is 0. The Bertz CT molecular complexity index is 476. The number of hydrogen-bond acceptors (Lipinski definition) is 4. The number of hydrogen-bond donors (Lipinski definition) is 1. The van der Waals surface area contributed by atoms with Gasteiger partial charge in [0.1, 0.15) is 5.69 Å². The van der Waals surface area contributed by atoms with Crippen molar-refractivity contribution in [2.45, 2.75) is 26.1 Å². The highest BCUT2D eigenvalue weighted by Crippen LogP contribution is 2.13. The summed E-state index contributed by atoms with van der Waals surface area (Å²) in [6.45, 7) is 4.87. The monoisotopic (exact) mass is 264 g/mol. The maximum atomic E-state index is 12.2. The number of ether oxygens (including phenoxy) is 1. The van der Waals surface area contributed by atoms with Crippen molar-refractivity contribution in [3.8, 4) is 0 Å². The second-order valence-corrected chi connectivity index (χ2v) is 4.70. The Kier molecular flexibility index (Phi) is 3.80. The van der Waals surface area contributed by atoms with E-state index in [1.807, 2.05) is 13.8 Å². The number of carbonyl (C=O) groups is 2. The van der Waals surface area contributed by atoms with Gasteiger partial charge < -0.3 is 14.7 Å². The van der Waals surface area contributed by atoms with Crippen molar-refractivity contribution in [3.05, 3.63) is 29.6 Å². The van der Waals surface area contributed by atoms with E-state index in [0.29, 0.717) is 13.1 Å². The molecule has 1 N–H and O–H groups in total. The van der Waals surface area contributed by atoms with E-state index < -0.39 is 5.97 Å². The summed E-state index contributed by atoms with van der Waals surface area (Å²) in [5.74, 6) is -1.25. The second kappa shape index (κ2) is 5.36. The van der Waals surface area contributed by atoms with Crippen molar-refractivity contribution >= 4 is 11.9 Å². The first kappa shape index (κ1) is 13.5. The van der Waals surface area contributed by atoms with Crippen LogP contribution in [0.2, 0.25) is 0 Å². The third-order valence-corrected chi connectivity index (χ3v) is 2.94. The zero-order valence-corrected chi connectivity index (χ0v) is 10.9. The first-order valence-electron chi connectivity index (χ1n) is 6.11. The molecule has 1 aliphatic rings. The van der Waals surface area contributed by atoms with E-state index in [-0.39, 0.29) is 29.4 Å². The van der Waals surface area contributed by atoms with Crippen LogP contribution in [0.25, 0.3) is 0 Å². The fraction of sp³-hybridized carbons (Fsp3) is 0.462. The van der Waals surface area contributed by atoms with Gasteiger partial charge in [-0.3, -0.25) is 9.78 Å². The summed E-state index contributed by atoms with van der Waals surface area (Å²) in [5.41, 5.74) is 0.326. The molecule has 1 amide bonds. The summed E-state index contributed by atoms with van der Waals surface area (Å²) in [6.07, 6.45) is 1.18. The highest BCUT2D eigenvalue weighted by Gasteiger charge is 2.27. The third-order valence-electron chi connectivity index (χ3n) is 2.94. The lowest BCUT2D eigenvalue weighted by atomic mass is 10.2. The summed E-state index contributed by atoms with van der Waals surface area (Å²) in [6, 6.07) is 2.83. The van der Waals surface area contributed by atoms with Crippen LogP contribution in [-0.4, -0.2) is 52.2 Å². The third kappa shape index (κ3) is 3.08. The largest absolute Gasteiger partial charge is 0.478 e. The Hall–Kier alpha value is -1.95. The Morgan fingerprint density at radius 3 is 2.42 bits per heavy atom. The number of pyridine rings is 1. The van der Waals surface area contributed by atoms with Crippen molar-refractivity contribution in [3.63, 3.8) is 0 Å². The highest BCUT2D eigenvalue weighted by atomic mass is 16.5. The number of morpholine rings is 1. The number of carbonyl (C=O) groups excluding carboxylic acids is 1. The van der Waals surface area contributed by atoms with E-state index in [1.165, 1.54) is 18.3 Å². The minimum atomic E-state index is -1.06. The fourth-order valence-corrected chi connectivity index (χ4v) is 2.15. The summed E-state index contributed by atoms with van der Waals surface area (Å²) in [5, 5.41) is 8.78. The van der Waals surface area contributed by atoms with Crippen LogP contribution in [0.4, 0.5) is 0 Å². The van der Waals surface area contributed by atoms with Gasteiger partial charge in [-0.05, 0) is 26.0 Å². The van der Waals surface area contributed by atoms with Crippen molar-refractivity contribution in [2.75, 3.05) is 13.1 Å². The van der Waals surface area contributed by atoms with Crippen LogP contribution in [0.15, 0.2) is 18.3 Å². The average Bonchev–Trinajstić information content (AvgIpc) is 2.37. The van der Waals surface area contributed by atoms with Crippen LogP contribution in [0.5, 0.6) is 0 Å². The molecule has 1 aromatic heterocycles. The lowest BCUT2D eigenvalue weighted by Gasteiger charge is -2.35. The molecule has 2 rings (SSSR count). The second-order valence-electron chi connectivity index (χ2n) is 4.70. The van der Waals surface area contributed by atoms with Crippen LogP contribution in [0, 0.1) is 0 Å². The van der Waals surface area contributed by atoms with Crippen LogP contribution in [-0.2, 0) is 4.74 Å². The molecule has 0 aliphatic carbocycles. The molecule has 102 valence electrons. The number of carboxylic acid groups (broad SMARTS) is 1. The van der Waals surface area contributed by atoms with Crippen molar-refractivity contribution in [2.24, 2.45) is 0 Å². The molecule has 2 heterocycles. The van der Waals surface area contributed by atoms with Crippen LogP contribution in [0.3, 0.4) is 0 Å². The number of carboxylic acids is 1. The van der Waals surface area contributed by atoms with E-state index in [0.717, 1.165) is 0 Å². The Labute approximate surface area is 111 Å². The summed E-state index contributed by atoms with van der Waals surface area (Å²) in [4.78, 5) is 28.5. The molecule has 1 aliphatic heterocycles. The molecule has 2 atom stereocenters. The topological polar surface area (TPSA) is 79.7 Å². The number of rotatable bonds is 2. The SMILES string of the molecule is CC1CN(C(=O)c2ccc(C(=O)O)cn2)CC(C)O1. The van der Waals surface area contributed by atoms with Crippen LogP contribution < -0.4 is 0 Å². The first-order valence-corrected chi connectivity index (χ1v) is 6.11. The number of aromatic nitrogens is 1. The minimum Gasteiger partial charge on any atom is -0.478 e.